The van der Waals surface area contributed by atoms with Crippen LogP contribution in [-0.2, 0) is 22.6 Å². The number of nitrogens with one attached hydrogen (secondary N) is 1. The smallest absolute Gasteiger partial charge is 0.326 e. The summed E-state index contributed by atoms with van der Waals surface area (Å²) in [5.41, 5.74) is 3.14. The lowest BCUT2D eigenvalue weighted by Crippen LogP contribution is -2.41. The molecule has 0 aliphatic heterocycles. The van der Waals surface area contributed by atoms with Crippen molar-refractivity contribution in [2.45, 2.75) is 25.9 Å². The van der Waals surface area contributed by atoms with Gasteiger partial charge in [0.1, 0.15) is 6.04 Å². The molecule has 0 aliphatic carbocycles. The van der Waals surface area contributed by atoms with E-state index in [1.54, 1.807) is 0 Å². The molecule has 0 radical (unpaired) electrons. The molecule has 26 heavy (non-hydrogen) atoms. The van der Waals surface area contributed by atoms with Gasteiger partial charge in [0.2, 0.25) is 5.91 Å². The first-order chi connectivity index (χ1) is 11.5. The SMILES string of the molecule is CC(=O)NC(Cc1ccc(N(C)Cc2ccccc2)cc1)C(=O)O.Cl.Cl. The minimum absolute atomic E-state index is 0. The highest BCUT2D eigenvalue weighted by Gasteiger charge is 2.18. The van der Waals surface area contributed by atoms with Crippen molar-refractivity contribution in [3.63, 3.8) is 0 Å². The number of halogens is 2. The van der Waals surface area contributed by atoms with E-state index in [2.05, 4.69) is 22.3 Å². The van der Waals surface area contributed by atoms with Crippen LogP contribution in [0.25, 0.3) is 0 Å². The second kappa shape index (κ2) is 11.4. The molecule has 1 atom stereocenters. The summed E-state index contributed by atoms with van der Waals surface area (Å²) in [6.45, 7) is 2.11. The van der Waals surface area contributed by atoms with Crippen molar-refractivity contribution < 1.29 is 14.7 Å². The van der Waals surface area contributed by atoms with E-state index in [1.807, 2.05) is 49.5 Å². The van der Waals surface area contributed by atoms with Gasteiger partial charge in [0, 0.05) is 32.6 Å². The Bertz CT molecular complexity index is 694. The molecule has 0 heterocycles. The largest absolute Gasteiger partial charge is 0.480 e. The molecular formula is C19H24Cl2N2O3. The Morgan fingerprint density at radius 2 is 1.58 bits per heavy atom. The molecule has 2 rings (SSSR count). The first-order valence-electron chi connectivity index (χ1n) is 7.79. The van der Waals surface area contributed by atoms with Gasteiger partial charge in [-0.25, -0.2) is 4.79 Å². The minimum Gasteiger partial charge on any atom is -0.480 e. The fourth-order valence-electron chi connectivity index (χ4n) is 2.52. The van der Waals surface area contributed by atoms with E-state index >= 15 is 0 Å². The summed E-state index contributed by atoms with van der Waals surface area (Å²) in [4.78, 5) is 24.4. The zero-order chi connectivity index (χ0) is 17.5. The number of carboxylic acids is 1. The quantitative estimate of drug-likeness (QED) is 0.750. The summed E-state index contributed by atoms with van der Waals surface area (Å²) in [7, 11) is 2.01. The maximum Gasteiger partial charge on any atom is 0.326 e. The lowest BCUT2D eigenvalue weighted by Gasteiger charge is -2.20. The topological polar surface area (TPSA) is 69.6 Å². The van der Waals surface area contributed by atoms with Gasteiger partial charge in [-0.05, 0) is 23.3 Å². The van der Waals surface area contributed by atoms with Crippen LogP contribution in [0.5, 0.6) is 0 Å². The second-order valence-corrected chi connectivity index (χ2v) is 5.80. The molecule has 2 aromatic carbocycles. The summed E-state index contributed by atoms with van der Waals surface area (Å²) in [5, 5.41) is 11.6. The maximum atomic E-state index is 11.2. The van der Waals surface area contributed by atoms with Gasteiger partial charge in [0.15, 0.2) is 0 Å². The van der Waals surface area contributed by atoms with Crippen molar-refractivity contribution in [2.24, 2.45) is 0 Å². The Morgan fingerprint density at radius 1 is 1.00 bits per heavy atom. The van der Waals surface area contributed by atoms with E-state index in [-0.39, 0.29) is 37.1 Å². The van der Waals surface area contributed by atoms with Crippen LogP contribution in [0.2, 0.25) is 0 Å². The predicted octanol–water partition coefficient (Wildman–Crippen LogP) is 3.30. The van der Waals surface area contributed by atoms with Crippen LogP contribution in [-0.4, -0.2) is 30.1 Å². The summed E-state index contributed by atoms with van der Waals surface area (Å²) >= 11 is 0. The highest BCUT2D eigenvalue weighted by molar-refractivity contribution is 5.85. The Kier molecular flexibility index (Phi) is 10.4. The maximum absolute atomic E-state index is 11.2. The van der Waals surface area contributed by atoms with Crippen molar-refractivity contribution in [1.29, 1.82) is 0 Å². The number of aliphatic carboxylic acids is 1. The predicted molar refractivity (Wildman–Crippen MR) is 108 cm³/mol. The molecular weight excluding hydrogens is 375 g/mol. The first kappa shape index (κ1) is 23.8. The van der Waals surface area contributed by atoms with Crippen molar-refractivity contribution in [3.8, 4) is 0 Å². The van der Waals surface area contributed by atoms with Gasteiger partial charge in [0.25, 0.3) is 0 Å². The van der Waals surface area contributed by atoms with Gasteiger partial charge in [-0.15, -0.1) is 24.8 Å². The van der Waals surface area contributed by atoms with Crippen molar-refractivity contribution >= 4 is 42.4 Å². The van der Waals surface area contributed by atoms with E-state index < -0.39 is 12.0 Å². The number of benzene rings is 2. The fourth-order valence-corrected chi connectivity index (χ4v) is 2.52. The Hall–Kier alpha value is -2.24. The number of carbonyl (C=O) groups is 2. The van der Waals surface area contributed by atoms with Crippen molar-refractivity contribution in [3.05, 3.63) is 65.7 Å². The van der Waals surface area contributed by atoms with Crippen LogP contribution in [0.3, 0.4) is 0 Å². The third-order valence-electron chi connectivity index (χ3n) is 3.76. The lowest BCUT2D eigenvalue weighted by atomic mass is 10.1. The molecule has 0 bridgehead atoms. The molecule has 142 valence electrons. The number of carboxylic acid groups (broad SMARTS) is 1. The molecule has 0 saturated heterocycles. The molecule has 1 amide bonds. The molecule has 7 heteroatoms. The molecule has 0 aliphatic rings. The summed E-state index contributed by atoms with van der Waals surface area (Å²) in [6.07, 6.45) is 0.262. The number of amides is 1. The highest BCUT2D eigenvalue weighted by Crippen LogP contribution is 2.17. The first-order valence-corrected chi connectivity index (χ1v) is 7.79. The van der Waals surface area contributed by atoms with Crippen LogP contribution in [0.4, 0.5) is 5.69 Å². The van der Waals surface area contributed by atoms with Gasteiger partial charge in [-0.2, -0.15) is 0 Å². The van der Waals surface area contributed by atoms with E-state index in [4.69, 9.17) is 5.11 Å². The van der Waals surface area contributed by atoms with Gasteiger partial charge in [-0.3, -0.25) is 4.79 Å². The third kappa shape index (κ3) is 7.33. The van der Waals surface area contributed by atoms with E-state index in [0.717, 1.165) is 17.8 Å². The number of rotatable bonds is 7. The number of hydrogen-bond acceptors (Lipinski definition) is 3. The van der Waals surface area contributed by atoms with Crippen LogP contribution in [0, 0.1) is 0 Å². The molecule has 0 fully saturated rings. The zero-order valence-corrected chi connectivity index (χ0v) is 16.3. The molecule has 1 unspecified atom stereocenters. The molecule has 0 aromatic heterocycles. The Morgan fingerprint density at radius 3 is 2.08 bits per heavy atom. The van der Waals surface area contributed by atoms with Gasteiger partial charge in [-0.1, -0.05) is 42.5 Å². The fraction of sp³-hybridized carbons (Fsp3) is 0.263. The van der Waals surface area contributed by atoms with Crippen LogP contribution < -0.4 is 10.2 Å². The van der Waals surface area contributed by atoms with Crippen molar-refractivity contribution in [1.82, 2.24) is 5.32 Å². The standard InChI is InChI=1S/C19H22N2O3.2ClH/c1-14(22)20-18(19(23)24)12-15-8-10-17(11-9-15)21(2)13-16-6-4-3-5-7-16;;/h3-11,18H,12-13H2,1-2H3,(H,20,22)(H,23,24);2*1H. The second-order valence-electron chi connectivity index (χ2n) is 5.80. The summed E-state index contributed by atoms with van der Waals surface area (Å²) < 4.78 is 0. The lowest BCUT2D eigenvalue weighted by molar-refractivity contribution is -0.141. The molecule has 2 aromatic rings. The molecule has 0 spiro atoms. The summed E-state index contributed by atoms with van der Waals surface area (Å²) in [6, 6.07) is 17.0. The average molecular weight is 399 g/mol. The Labute approximate surface area is 166 Å². The van der Waals surface area contributed by atoms with E-state index in [9.17, 15) is 9.59 Å². The third-order valence-corrected chi connectivity index (χ3v) is 3.76. The monoisotopic (exact) mass is 398 g/mol. The van der Waals surface area contributed by atoms with Crippen molar-refractivity contribution in [2.75, 3.05) is 11.9 Å². The van der Waals surface area contributed by atoms with Gasteiger partial charge < -0.3 is 15.3 Å². The molecule has 2 N–H and O–H groups in total. The van der Waals surface area contributed by atoms with Crippen LogP contribution in [0.15, 0.2) is 54.6 Å². The minimum atomic E-state index is -1.03. The zero-order valence-electron chi connectivity index (χ0n) is 14.7. The molecule has 5 nitrogen and oxygen atoms in total. The number of anilines is 1. The van der Waals surface area contributed by atoms with Crippen LogP contribution in [0.1, 0.15) is 18.1 Å². The van der Waals surface area contributed by atoms with Crippen LogP contribution >= 0.6 is 24.8 Å². The number of nitrogens with zero attached hydrogens (tertiary/aromatic N) is 1. The van der Waals surface area contributed by atoms with E-state index in [1.165, 1.54) is 12.5 Å². The van der Waals surface area contributed by atoms with E-state index in [0.29, 0.717) is 0 Å². The average Bonchev–Trinajstić information content (AvgIpc) is 2.55. The molecule has 0 saturated carbocycles. The normalized spacial score (nSPS) is 10.7. The number of hydrogen-bond donors (Lipinski definition) is 2. The number of carbonyl (C=O) groups excluding carboxylic acids is 1. The summed E-state index contributed by atoms with van der Waals surface area (Å²) in [5.74, 6) is -1.38. The highest BCUT2D eigenvalue weighted by atomic mass is 35.5. The van der Waals surface area contributed by atoms with Gasteiger partial charge >= 0.3 is 5.97 Å². The Balaban J connectivity index is 0.00000312. The van der Waals surface area contributed by atoms with Gasteiger partial charge in [0.05, 0.1) is 0 Å².